The van der Waals surface area contributed by atoms with Crippen LogP contribution in [0.5, 0.6) is 0 Å². The molecule has 0 spiro atoms. The molecule has 128 valence electrons. The van der Waals surface area contributed by atoms with E-state index in [2.05, 4.69) is 32.1 Å². The van der Waals surface area contributed by atoms with Crippen LogP contribution in [-0.2, 0) is 0 Å². The smallest absolute Gasteiger partial charge is 0.167 e. The minimum absolute atomic E-state index is 0.259. The maximum Gasteiger partial charge on any atom is 0.167 e. The Morgan fingerprint density at radius 3 is 2.84 bits per heavy atom. The van der Waals surface area contributed by atoms with E-state index in [0.717, 1.165) is 37.5 Å². The second-order valence-electron chi connectivity index (χ2n) is 6.51. The number of halogens is 1. The number of rotatable bonds is 5. The largest absolute Gasteiger partial charge is 0.294 e. The lowest BCUT2D eigenvalue weighted by atomic mass is 9.98. The van der Waals surface area contributed by atoms with Crippen molar-refractivity contribution in [2.75, 3.05) is 6.26 Å². The molecule has 0 unspecified atom stereocenters. The van der Waals surface area contributed by atoms with Crippen LogP contribution in [0.25, 0.3) is 16.9 Å². The van der Waals surface area contributed by atoms with Crippen molar-refractivity contribution in [2.24, 2.45) is 5.92 Å². The highest BCUT2D eigenvalue weighted by Gasteiger charge is 2.25. The number of nitrogens with zero attached hydrogens (tertiary/aromatic N) is 3. The summed E-state index contributed by atoms with van der Waals surface area (Å²) in [5.74, 6) is 0.868. The molecule has 0 aliphatic heterocycles. The molecule has 3 aromatic rings. The molecule has 0 radical (unpaired) electrons. The highest BCUT2D eigenvalue weighted by Crippen LogP contribution is 2.34. The lowest BCUT2D eigenvalue weighted by Crippen LogP contribution is -2.03. The van der Waals surface area contributed by atoms with Gasteiger partial charge in [0.05, 0.1) is 16.8 Å². The zero-order valence-corrected chi connectivity index (χ0v) is 16.5. The molecule has 0 N–H and O–H groups in total. The fourth-order valence-corrected chi connectivity index (χ4v) is 4.18. The Morgan fingerprint density at radius 2 is 2.16 bits per heavy atom. The number of ketones is 1. The van der Waals surface area contributed by atoms with Crippen LogP contribution in [0.15, 0.2) is 40.0 Å². The molecule has 0 amide bonds. The van der Waals surface area contributed by atoms with Gasteiger partial charge in [-0.15, -0.1) is 11.8 Å². The van der Waals surface area contributed by atoms with Gasteiger partial charge in [-0.25, -0.2) is 9.50 Å². The first-order valence-corrected chi connectivity index (χ1v) is 10.3. The summed E-state index contributed by atoms with van der Waals surface area (Å²) in [6.07, 6.45) is 6.95. The van der Waals surface area contributed by atoms with E-state index in [4.69, 9.17) is 0 Å². The summed E-state index contributed by atoms with van der Waals surface area (Å²) in [5, 5.41) is 4.55. The molecule has 4 rings (SSSR count). The van der Waals surface area contributed by atoms with Crippen LogP contribution in [0.2, 0.25) is 0 Å². The average Bonchev–Trinajstić information content (AvgIpc) is 3.30. The second kappa shape index (κ2) is 6.57. The Labute approximate surface area is 159 Å². The number of aryl methyl sites for hydroxylation is 1. The predicted octanol–water partition coefficient (Wildman–Crippen LogP) is 5.17. The van der Waals surface area contributed by atoms with Gasteiger partial charge in [0.15, 0.2) is 11.4 Å². The molecule has 1 aliphatic rings. The molecular weight excluding hydrogens is 398 g/mol. The number of carbonyl (C=O) groups is 1. The van der Waals surface area contributed by atoms with Gasteiger partial charge in [0.1, 0.15) is 4.60 Å². The molecule has 0 saturated heterocycles. The fourth-order valence-electron chi connectivity index (χ4n) is 3.09. The molecule has 25 heavy (non-hydrogen) atoms. The van der Waals surface area contributed by atoms with Gasteiger partial charge in [0.2, 0.25) is 0 Å². The van der Waals surface area contributed by atoms with Crippen molar-refractivity contribution in [1.82, 2.24) is 14.6 Å². The Kier molecular flexibility index (Phi) is 4.41. The van der Waals surface area contributed by atoms with Gasteiger partial charge in [-0.05, 0) is 65.6 Å². The minimum atomic E-state index is 0.259. The molecule has 2 heterocycles. The predicted molar refractivity (Wildman–Crippen MR) is 104 cm³/mol. The van der Waals surface area contributed by atoms with Crippen molar-refractivity contribution in [3.05, 3.63) is 46.2 Å². The topological polar surface area (TPSA) is 47.3 Å². The lowest BCUT2D eigenvalue weighted by Gasteiger charge is -2.08. The first-order chi connectivity index (χ1) is 12.1. The van der Waals surface area contributed by atoms with Crippen LogP contribution in [0.3, 0.4) is 0 Å². The molecule has 6 heteroatoms. The summed E-state index contributed by atoms with van der Waals surface area (Å²) < 4.78 is 2.63. The Balaban J connectivity index is 1.75. The van der Waals surface area contributed by atoms with Gasteiger partial charge in [0, 0.05) is 17.5 Å². The molecule has 1 aromatic carbocycles. The van der Waals surface area contributed by atoms with E-state index < -0.39 is 0 Å². The Morgan fingerprint density at radius 1 is 1.36 bits per heavy atom. The van der Waals surface area contributed by atoms with Crippen LogP contribution >= 0.6 is 27.7 Å². The van der Waals surface area contributed by atoms with Crippen molar-refractivity contribution in [1.29, 1.82) is 0 Å². The van der Waals surface area contributed by atoms with Crippen LogP contribution < -0.4 is 0 Å². The number of aromatic nitrogens is 3. The average molecular weight is 416 g/mol. The third-order valence-electron chi connectivity index (χ3n) is 4.62. The molecule has 1 saturated carbocycles. The number of imidazole rings is 1. The zero-order valence-electron chi connectivity index (χ0n) is 14.1. The van der Waals surface area contributed by atoms with Gasteiger partial charge in [-0.3, -0.25) is 4.79 Å². The Hall–Kier alpha value is -1.66. The van der Waals surface area contributed by atoms with Gasteiger partial charge in [-0.1, -0.05) is 12.1 Å². The second-order valence-corrected chi connectivity index (χ2v) is 8.18. The summed E-state index contributed by atoms with van der Waals surface area (Å²) in [5.41, 5.74) is 4.64. The molecular formula is C19H18BrN3OS. The standard InChI is InChI=1S/C19H18BrN3OS/c1-11-7-13(5-6-14(11)16(24)8-12-3-4-12)15-10-21-19-17(25-2)9-18(20)22-23(15)19/h5-7,9-10,12H,3-4,8H2,1-2H3. The van der Waals surface area contributed by atoms with Crippen LogP contribution in [0.4, 0.5) is 0 Å². The van der Waals surface area contributed by atoms with Crippen molar-refractivity contribution in [3.63, 3.8) is 0 Å². The highest BCUT2D eigenvalue weighted by atomic mass is 79.9. The third kappa shape index (κ3) is 3.25. The van der Waals surface area contributed by atoms with E-state index in [0.29, 0.717) is 12.3 Å². The first kappa shape index (κ1) is 16.8. The van der Waals surface area contributed by atoms with Gasteiger partial charge in [-0.2, -0.15) is 5.10 Å². The van der Waals surface area contributed by atoms with Gasteiger partial charge in [0.25, 0.3) is 0 Å². The first-order valence-electron chi connectivity index (χ1n) is 8.29. The normalized spacial score (nSPS) is 14.2. The van der Waals surface area contributed by atoms with Crippen molar-refractivity contribution >= 4 is 39.1 Å². The summed E-state index contributed by atoms with van der Waals surface area (Å²) >= 11 is 5.12. The molecule has 0 bridgehead atoms. The SMILES string of the molecule is CSc1cc(Br)nn2c(-c3ccc(C(=O)CC4CC4)c(C)c3)cnc12. The monoisotopic (exact) mass is 415 g/mol. The summed E-state index contributed by atoms with van der Waals surface area (Å²) in [6.45, 7) is 2.00. The number of hydrogen-bond acceptors (Lipinski definition) is 4. The van der Waals surface area contributed by atoms with E-state index in [-0.39, 0.29) is 5.78 Å². The highest BCUT2D eigenvalue weighted by molar-refractivity contribution is 9.10. The number of hydrogen-bond donors (Lipinski definition) is 0. The number of benzene rings is 1. The molecule has 1 fully saturated rings. The van der Waals surface area contributed by atoms with Crippen LogP contribution in [-0.4, -0.2) is 26.6 Å². The summed E-state index contributed by atoms with van der Waals surface area (Å²) in [6, 6.07) is 7.98. The molecule has 2 aromatic heterocycles. The fraction of sp³-hybridized carbons (Fsp3) is 0.316. The van der Waals surface area contributed by atoms with E-state index in [1.807, 2.05) is 42.1 Å². The quantitative estimate of drug-likeness (QED) is 0.425. The van der Waals surface area contributed by atoms with Crippen molar-refractivity contribution in [3.8, 4) is 11.3 Å². The molecule has 4 nitrogen and oxygen atoms in total. The molecule has 0 atom stereocenters. The third-order valence-corrected chi connectivity index (χ3v) is 5.75. The van der Waals surface area contributed by atoms with E-state index in [9.17, 15) is 4.79 Å². The zero-order chi connectivity index (χ0) is 17.6. The van der Waals surface area contributed by atoms with Gasteiger partial charge >= 0.3 is 0 Å². The maximum atomic E-state index is 12.4. The summed E-state index contributed by atoms with van der Waals surface area (Å²) in [7, 11) is 0. The van der Waals surface area contributed by atoms with Crippen molar-refractivity contribution < 1.29 is 4.79 Å². The van der Waals surface area contributed by atoms with Gasteiger partial charge < -0.3 is 0 Å². The number of fused-ring (bicyclic) bond motifs is 1. The van der Waals surface area contributed by atoms with Crippen LogP contribution in [0, 0.1) is 12.8 Å². The van der Waals surface area contributed by atoms with E-state index >= 15 is 0 Å². The minimum Gasteiger partial charge on any atom is -0.294 e. The Bertz CT molecular complexity index is 978. The molecule has 1 aliphatic carbocycles. The maximum absolute atomic E-state index is 12.4. The summed E-state index contributed by atoms with van der Waals surface area (Å²) in [4.78, 5) is 18.0. The van der Waals surface area contributed by atoms with Crippen LogP contribution in [0.1, 0.15) is 35.2 Å². The van der Waals surface area contributed by atoms with E-state index in [1.54, 1.807) is 11.8 Å². The number of carbonyl (C=O) groups excluding carboxylic acids is 1. The van der Waals surface area contributed by atoms with Crippen molar-refractivity contribution in [2.45, 2.75) is 31.1 Å². The van der Waals surface area contributed by atoms with E-state index in [1.165, 1.54) is 12.8 Å². The number of Topliss-reactive ketones (excluding diaryl/α,β-unsaturated/α-hetero) is 1. The lowest BCUT2D eigenvalue weighted by molar-refractivity contribution is 0.0975. The number of thioether (sulfide) groups is 1.